The van der Waals surface area contributed by atoms with Gasteiger partial charge < -0.3 is 26.4 Å². The number of Topliss-reactive ketones (excluding diaryl/α,β-unsaturated/α-hetero) is 1. The topological polar surface area (TPSA) is 190 Å². The monoisotopic (exact) mass is 727 g/mol. The molecule has 13 nitrogen and oxygen atoms in total. The number of carbonyl (C=O) groups excluding carboxylic acids is 5. The summed E-state index contributed by atoms with van der Waals surface area (Å²) < 4.78 is 1.55. The van der Waals surface area contributed by atoms with Crippen molar-refractivity contribution in [1.29, 1.82) is 0 Å². The van der Waals surface area contributed by atoms with Gasteiger partial charge in [0.15, 0.2) is 0 Å². The minimum Gasteiger partial charge on any atom is -0.384 e. The minimum absolute atomic E-state index is 0.0418. The molecular formula is C40H53N7O6. The van der Waals surface area contributed by atoms with E-state index in [2.05, 4.69) is 34.8 Å². The predicted octanol–water partition coefficient (Wildman–Crippen LogP) is 4.08. The number of rotatable bonds is 11. The molecule has 1 aromatic heterocycles. The molecule has 3 fully saturated rings. The van der Waals surface area contributed by atoms with E-state index in [0.717, 1.165) is 42.9 Å². The maximum atomic E-state index is 14.9. The van der Waals surface area contributed by atoms with Gasteiger partial charge in [-0.25, -0.2) is 4.68 Å². The number of nitrogens with zero attached hydrogens (tertiary/aromatic N) is 4. The Morgan fingerprint density at radius 3 is 2.32 bits per heavy atom. The van der Waals surface area contributed by atoms with E-state index in [1.807, 2.05) is 30.3 Å². The van der Waals surface area contributed by atoms with E-state index in [0.29, 0.717) is 30.5 Å². The summed E-state index contributed by atoms with van der Waals surface area (Å²) in [7, 11) is 0. The van der Waals surface area contributed by atoms with Gasteiger partial charge in [-0.3, -0.25) is 24.0 Å². The second-order valence-electron chi connectivity index (χ2n) is 16.8. The average molecular weight is 728 g/mol. The maximum absolute atomic E-state index is 14.9. The number of amides is 4. The van der Waals surface area contributed by atoms with Gasteiger partial charge in [0.25, 0.3) is 11.8 Å². The lowest BCUT2D eigenvalue weighted by Gasteiger charge is -2.43. The third-order valence-electron chi connectivity index (χ3n) is 11.8. The zero-order valence-corrected chi connectivity index (χ0v) is 31.3. The molecule has 2 aromatic carbocycles. The molecular weight excluding hydrogens is 674 g/mol. The molecule has 4 amide bonds. The molecule has 3 atom stereocenters. The third-order valence-corrected chi connectivity index (χ3v) is 11.8. The van der Waals surface area contributed by atoms with Crippen molar-refractivity contribution >= 4 is 40.2 Å². The molecule has 2 heterocycles. The molecule has 0 radical (unpaired) electrons. The Bertz CT molecular complexity index is 1860. The fourth-order valence-corrected chi connectivity index (χ4v) is 8.50. The number of hydrogen-bond acceptors (Lipinski definition) is 8. The van der Waals surface area contributed by atoms with Crippen LogP contribution < -0.4 is 16.4 Å². The van der Waals surface area contributed by atoms with Crippen molar-refractivity contribution in [1.82, 2.24) is 30.5 Å². The van der Waals surface area contributed by atoms with Gasteiger partial charge in [0.1, 0.15) is 23.2 Å². The standard InChI is InChI=1S/C40H53N7O6/c1-38(2)16-18-40(19-17-38,33(48)34(41)49)44-36(51)31-22-29(47-32(23-42-45-47)39(3,4)53)24-46(31)37(52)30(20-25-10-6-5-7-11-25)43-35(50)28-15-14-26-12-8-9-13-27(26)21-28/h8-9,12-15,21,23,25,29-31,53H,5-7,10-11,16-20,22,24H2,1-4H3,(H2,41,49)(H,43,50)(H,44,51)/t29-,30?,31-/m0/s1. The first kappa shape index (κ1) is 38.1. The van der Waals surface area contributed by atoms with E-state index in [1.165, 1.54) is 11.1 Å². The highest BCUT2D eigenvalue weighted by molar-refractivity contribution is 6.39. The van der Waals surface area contributed by atoms with Crippen molar-refractivity contribution in [2.75, 3.05) is 6.54 Å². The number of likely N-dealkylation sites (tertiary alicyclic amines) is 1. The van der Waals surface area contributed by atoms with Gasteiger partial charge in [0.05, 0.1) is 17.9 Å². The molecule has 2 saturated carbocycles. The maximum Gasteiger partial charge on any atom is 0.287 e. The van der Waals surface area contributed by atoms with Gasteiger partial charge in [-0.2, -0.15) is 0 Å². The van der Waals surface area contributed by atoms with Crippen molar-refractivity contribution < 1.29 is 29.1 Å². The van der Waals surface area contributed by atoms with E-state index in [4.69, 9.17) is 5.73 Å². The summed E-state index contributed by atoms with van der Waals surface area (Å²) in [5.74, 6) is -3.16. The first-order valence-electron chi connectivity index (χ1n) is 19.0. The second kappa shape index (κ2) is 15.0. The van der Waals surface area contributed by atoms with Crippen LogP contribution in [0.4, 0.5) is 0 Å². The lowest BCUT2D eigenvalue weighted by atomic mass is 9.67. The van der Waals surface area contributed by atoms with Gasteiger partial charge in [0, 0.05) is 18.5 Å². The molecule has 0 spiro atoms. The molecule has 0 bridgehead atoms. The van der Waals surface area contributed by atoms with Crippen LogP contribution in [0.1, 0.15) is 120 Å². The lowest BCUT2D eigenvalue weighted by Crippen LogP contribution is -2.63. The summed E-state index contributed by atoms with van der Waals surface area (Å²) >= 11 is 0. The number of fused-ring (bicyclic) bond motifs is 1. The van der Waals surface area contributed by atoms with Crippen molar-refractivity contribution in [3.8, 4) is 0 Å². The molecule has 13 heteroatoms. The molecule has 5 N–H and O–H groups in total. The number of hydrogen-bond donors (Lipinski definition) is 4. The number of aliphatic hydroxyl groups is 1. The summed E-state index contributed by atoms with van der Waals surface area (Å²) in [6.07, 6.45) is 8.68. The van der Waals surface area contributed by atoms with Crippen LogP contribution in [0.2, 0.25) is 0 Å². The largest absolute Gasteiger partial charge is 0.384 e. The Labute approximate surface area is 310 Å². The van der Waals surface area contributed by atoms with Crippen LogP contribution in [-0.4, -0.2) is 78.6 Å². The zero-order chi connectivity index (χ0) is 38.1. The second-order valence-corrected chi connectivity index (χ2v) is 16.8. The zero-order valence-electron chi connectivity index (χ0n) is 31.3. The van der Waals surface area contributed by atoms with E-state index in [1.54, 1.807) is 30.7 Å². The van der Waals surface area contributed by atoms with Crippen LogP contribution in [-0.2, 0) is 24.8 Å². The highest BCUT2D eigenvalue weighted by Crippen LogP contribution is 2.41. The summed E-state index contributed by atoms with van der Waals surface area (Å²) in [4.78, 5) is 70.5. The Balaban J connectivity index is 1.34. The van der Waals surface area contributed by atoms with Crippen LogP contribution in [0.3, 0.4) is 0 Å². The molecule has 1 aliphatic heterocycles. The van der Waals surface area contributed by atoms with Crippen molar-refractivity contribution in [3.63, 3.8) is 0 Å². The number of aromatic nitrogens is 3. The fourth-order valence-electron chi connectivity index (χ4n) is 8.50. The molecule has 3 aromatic rings. The van der Waals surface area contributed by atoms with Crippen molar-refractivity contribution in [2.45, 2.75) is 128 Å². The molecule has 284 valence electrons. The normalized spacial score (nSPS) is 22.2. The van der Waals surface area contributed by atoms with Crippen LogP contribution in [0, 0.1) is 11.3 Å². The molecule has 3 aliphatic rings. The van der Waals surface area contributed by atoms with Gasteiger partial charge in [-0.1, -0.05) is 81.5 Å². The lowest BCUT2D eigenvalue weighted by molar-refractivity contribution is -0.146. The third kappa shape index (κ3) is 8.30. The molecule has 1 unspecified atom stereocenters. The molecule has 53 heavy (non-hydrogen) atoms. The van der Waals surface area contributed by atoms with Crippen LogP contribution in [0.15, 0.2) is 48.7 Å². The van der Waals surface area contributed by atoms with Gasteiger partial charge in [-0.15, -0.1) is 5.10 Å². The van der Waals surface area contributed by atoms with Gasteiger partial charge in [-0.05, 0) is 80.2 Å². The summed E-state index contributed by atoms with van der Waals surface area (Å²) in [5.41, 5.74) is 3.46. The first-order valence-corrected chi connectivity index (χ1v) is 19.0. The van der Waals surface area contributed by atoms with E-state index >= 15 is 0 Å². The Kier molecular flexibility index (Phi) is 10.8. The van der Waals surface area contributed by atoms with E-state index in [-0.39, 0.29) is 37.1 Å². The van der Waals surface area contributed by atoms with Crippen molar-refractivity contribution in [3.05, 3.63) is 59.9 Å². The fraction of sp³-hybridized carbons (Fsp3) is 0.575. The Hall–Kier alpha value is -4.65. The number of carbonyl (C=O) groups is 5. The number of nitrogens with one attached hydrogen (secondary N) is 2. The van der Waals surface area contributed by atoms with E-state index in [9.17, 15) is 29.1 Å². The molecule has 2 aliphatic carbocycles. The number of nitrogens with two attached hydrogens (primary N) is 1. The van der Waals surface area contributed by atoms with Gasteiger partial charge >= 0.3 is 0 Å². The summed E-state index contributed by atoms with van der Waals surface area (Å²) in [5, 5.41) is 27.1. The van der Waals surface area contributed by atoms with E-state index < -0.39 is 58.7 Å². The van der Waals surface area contributed by atoms with Crippen LogP contribution >= 0.6 is 0 Å². The van der Waals surface area contributed by atoms with Crippen LogP contribution in [0.25, 0.3) is 10.8 Å². The minimum atomic E-state index is -1.50. The smallest absolute Gasteiger partial charge is 0.287 e. The Morgan fingerprint density at radius 2 is 1.66 bits per heavy atom. The summed E-state index contributed by atoms with van der Waals surface area (Å²) in [6.45, 7) is 7.41. The highest BCUT2D eigenvalue weighted by atomic mass is 16.3. The number of primary amides is 1. The number of benzene rings is 2. The quantitative estimate of drug-likeness (QED) is 0.213. The van der Waals surface area contributed by atoms with Crippen LogP contribution in [0.5, 0.6) is 0 Å². The first-order chi connectivity index (χ1) is 25.1. The molecule has 6 rings (SSSR count). The number of ketones is 1. The predicted molar refractivity (Wildman–Crippen MR) is 198 cm³/mol. The summed E-state index contributed by atoms with van der Waals surface area (Å²) in [6, 6.07) is 10.6. The Morgan fingerprint density at radius 1 is 0.981 bits per heavy atom. The van der Waals surface area contributed by atoms with Gasteiger partial charge in [0.2, 0.25) is 17.6 Å². The SMILES string of the molecule is CC1(C)CCC(NC(=O)[C@@H]2C[C@H](n3nncc3C(C)(C)O)CN2C(=O)C(CC2CCCCC2)NC(=O)c2ccc3ccccc3c2)(C(=O)C(N)=O)CC1. The molecule has 1 saturated heterocycles. The average Bonchev–Trinajstić information content (AvgIpc) is 3.81. The van der Waals surface area contributed by atoms with Crippen molar-refractivity contribution in [2.24, 2.45) is 17.1 Å². The highest BCUT2D eigenvalue weighted by Gasteiger charge is 2.51.